The SMILES string of the molecule is O=C(NCCCOCCOCCOCCOCCOCCOCCOCCOCCOCCOCCOCCOCCNc1ccc([N+](=O)[O-])cc1[N+](=O)[O-])OCC1c2ccccc2-c2ccccc21. The molecule has 0 aliphatic heterocycles. The van der Waals surface area contributed by atoms with E-state index in [0.29, 0.717) is 172 Å². The minimum atomic E-state index is -0.683. The molecular formula is C48H70N4O18. The van der Waals surface area contributed by atoms with Gasteiger partial charge in [0.1, 0.15) is 12.3 Å². The summed E-state index contributed by atoms with van der Waals surface area (Å²) >= 11 is 0. The summed E-state index contributed by atoms with van der Waals surface area (Å²) in [7, 11) is 0. The molecule has 0 saturated heterocycles. The normalized spacial score (nSPS) is 11.9. The van der Waals surface area contributed by atoms with E-state index in [1.165, 1.54) is 34.4 Å². The van der Waals surface area contributed by atoms with Gasteiger partial charge in [-0.05, 0) is 34.7 Å². The highest BCUT2D eigenvalue weighted by Crippen LogP contribution is 2.44. The van der Waals surface area contributed by atoms with Gasteiger partial charge in [-0.25, -0.2) is 4.79 Å². The van der Waals surface area contributed by atoms with Crippen molar-refractivity contribution >= 4 is 23.2 Å². The number of alkyl carbamates (subject to hydrolysis) is 1. The van der Waals surface area contributed by atoms with Crippen LogP contribution in [0.15, 0.2) is 66.7 Å². The van der Waals surface area contributed by atoms with Crippen LogP contribution in [0.2, 0.25) is 0 Å². The lowest BCUT2D eigenvalue weighted by Crippen LogP contribution is -2.27. The third-order valence-corrected chi connectivity index (χ3v) is 10.1. The zero-order valence-corrected chi connectivity index (χ0v) is 40.0. The molecule has 22 nitrogen and oxygen atoms in total. The molecule has 3 aromatic rings. The van der Waals surface area contributed by atoms with Crippen molar-refractivity contribution in [2.24, 2.45) is 0 Å². The van der Waals surface area contributed by atoms with Crippen LogP contribution in [0, 0.1) is 20.2 Å². The van der Waals surface area contributed by atoms with E-state index in [9.17, 15) is 25.0 Å². The Morgan fingerprint density at radius 2 is 0.829 bits per heavy atom. The van der Waals surface area contributed by atoms with E-state index >= 15 is 0 Å². The van der Waals surface area contributed by atoms with E-state index in [4.69, 9.17) is 61.6 Å². The van der Waals surface area contributed by atoms with Crippen molar-refractivity contribution in [2.45, 2.75) is 12.3 Å². The van der Waals surface area contributed by atoms with E-state index in [-0.39, 0.29) is 36.1 Å². The summed E-state index contributed by atoms with van der Waals surface area (Å²) in [5, 5.41) is 27.7. The predicted molar refractivity (Wildman–Crippen MR) is 256 cm³/mol. The number of benzene rings is 3. The van der Waals surface area contributed by atoms with Gasteiger partial charge in [0.15, 0.2) is 0 Å². The number of carbonyl (C=O) groups excluding carboxylic acids is 1. The van der Waals surface area contributed by atoms with Crippen molar-refractivity contribution in [3.63, 3.8) is 0 Å². The average molecular weight is 991 g/mol. The molecule has 2 N–H and O–H groups in total. The fourth-order valence-corrected chi connectivity index (χ4v) is 6.73. The monoisotopic (exact) mass is 990 g/mol. The van der Waals surface area contributed by atoms with E-state index < -0.39 is 15.9 Å². The molecule has 0 spiro atoms. The molecule has 1 amide bonds. The van der Waals surface area contributed by atoms with Crippen LogP contribution in [-0.2, 0) is 61.6 Å². The molecule has 0 aromatic heterocycles. The highest BCUT2D eigenvalue weighted by Gasteiger charge is 2.29. The number of nitro benzene ring substituents is 2. The Kier molecular flexibility index (Phi) is 31.1. The molecule has 390 valence electrons. The summed E-state index contributed by atoms with van der Waals surface area (Å²) in [5.41, 5.74) is 4.23. The minimum Gasteiger partial charge on any atom is -0.449 e. The third-order valence-electron chi connectivity index (χ3n) is 10.1. The van der Waals surface area contributed by atoms with Crippen LogP contribution in [0.5, 0.6) is 0 Å². The summed E-state index contributed by atoms with van der Waals surface area (Å²) in [6, 6.07) is 19.9. The molecule has 22 heteroatoms. The first-order chi connectivity index (χ1) is 34.5. The van der Waals surface area contributed by atoms with Gasteiger partial charge in [-0.15, -0.1) is 0 Å². The van der Waals surface area contributed by atoms with Crippen LogP contribution in [0.1, 0.15) is 23.5 Å². The molecule has 0 saturated carbocycles. The maximum Gasteiger partial charge on any atom is 0.407 e. The Labute approximate surface area is 409 Å². The topological polar surface area (TPSA) is 247 Å². The standard InChI is InChI=1S/C48H70N4O18/c53-48(70-39-45-43-8-3-1-6-41(43)42-7-2-4-9-44(42)45)50-12-5-14-58-16-18-60-20-22-62-24-26-64-28-30-66-32-34-68-36-37-69-35-33-67-31-29-65-27-25-63-23-21-61-19-17-59-15-13-49-46-11-10-40(51(54)55)38-47(46)52(56)57/h1-4,6-11,38,45,49H,5,12-37,39H2,(H,50,53). The maximum atomic E-state index is 12.3. The second kappa shape index (κ2) is 37.8. The quantitative estimate of drug-likeness (QED) is 0.0427. The highest BCUT2D eigenvalue weighted by atomic mass is 16.6. The number of fused-ring (bicyclic) bond motifs is 3. The van der Waals surface area contributed by atoms with Gasteiger partial charge >= 0.3 is 6.09 Å². The molecular weight excluding hydrogens is 921 g/mol. The number of carbonyl (C=O) groups is 1. The van der Waals surface area contributed by atoms with E-state index in [2.05, 4.69) is 34.9 Å². The van der Waals surface area contributed by atoms with Gasteiger partial charge in [-0.1, -0.05) is 48.5 Å². The van der Waals surface area contributed by atoms with Crippen molar-refractivity contribution in [1.82, 2.24) is 5.32 Å². The van der Waals surface area contributed by atoms with Crippen molar-refractivity contribution in [3.8, 4) is 11.1 Å². The number of non-ortho nitro benzene ring substituents is 1. The molecule has 70 heavy (non-hydrogen) atoms. The Morgan fingerprint density at radius 1 is 0.457 bits per heavy atom. The first-order valence-electron chi connectivity index (χ1n) is 23.6. The zero-order chi connectivity index (χ0) is 49.5. The van der Waals surface area contributed by atoms with Crippen molar-refractivity contribution < 1.29 is 76.2 Å². The predicted octanol–water partition coefficient (Wildman–Crippen LogP) is 5.04. The Balaban J connectivity index is 0.759. The smallest absolute Gasteiger partial charge is 0.407 e. The number of ether oxygens (including phenoxy) is 13. The average Bonchev–Trinajstić information content (AvgIpc) is 3.69. The van der Waals surface area contributed by atoms with Crippen LogP contribution in [0.25, 0.3) is 11.1 Å². The van der Waals surface area contributed by atoms with Crippen LogP contribution in [0.4, 0.5) is 21.9 Å². The molecule has 0 heterocycles. The van der Waals surface area contributed by atoms with Crippen molar-refractivity contribution in [2.75, 3.05) is 184 Å². The number of hydrogen-bond acceptors (Lipinski definition) is 19. The van der Waals surface area contributed by atoms with Gasteiger partial charge in [0.25, 0.3) is 11.4 Å². The zero-order valence-electron chi connectivity index (χ0n) is 40.0. The van der Waals surface area contributed by atoms with Gasteiger partial charge in [0, 0.05) is 31.7 Å². The van der Waals surface area contributed by atoms with Crippen LogP contribution < -0.4 is 10.6 Å². The van der Waals surface area contributed by atoms with Crippen LogP contribution >= 0.6 is 0 Å². The molecule has 1 aliphatic carbocycles. The molecule has 0 unspecified atom stereocenters. The second-order valence-corrected chi connectivity index (χ2v) is 15.1. The number of hydrogen-bond donors (Lipinski definition) is 2. The van der Waals surface area contributed by atoms with Crippen molar-refractivity contribution in [1.29, 1.82) is 0 Å². The lowest BCUT2D eigenvalue weighted by Gasteiger charge is -2.14. The third kappa shape index (κ3) is 24.7. The Bertz CT molecular complexity index is 1830. The Hall–Kier alpha value is -4.95. The van der Waals surface area contributed by atoms with Gasteiger partial charge in [0.05, 0.1) is 168 Å². The molecule has 0 radical (unpaired) electrons. The molecule has 0 bridgehead atoms. The lowest BCUT2D eigenvalue weighted by atomic mass is 9.98. The Morgan fingerprint density at radius 3 is 1.21 bits per heavy atom. The van der Waals surface area contributed by atoms with Gasteiger partial charge in [0.2, 0.25) is 0 Å². The fourth-order valence-electron chi connectivity index (χ4n) is 6.73. The van der Waals surface area contributed by atoms with E-state index in [1.54, 1.807) is 0 Å². The summed E-state index contributed by atoms with van der Waals surface area (Å²) in [6.07, 6.45) is 0.244. The van der Waals surface area contributed by atoms with Gasteiger partial charge in [-0.3, -0.25) is 20.2 Å². The largest absolute Gasteiger partial charge is 0.449 e. The first kappa shape index (κ1) is 57.6. The lowest BCUT2D eigenvalue weighted by molar-refractivity contribution is -0.393. The molecule has 4 rings (SSSR count). The molecule has 0 atom stereocenters. The van der Waals surface area contributed by atoms with Crippen LogP contribution in [-0.4, -0.2) is 194 Å². The second-order valence-electron chi connectivity index (χ2n) is 15.1. The number of anilines is 1. The summed E-state index contributed by atoms with van der Waals surface area (Å²) < 4.78 is 71.6. The number of nitrogens with zero attached hydrogens (tertiary/aromatic N) is 2. The number of nitro groups is 2. The minimum absolute atomic E-state index is 0.0374. The van der Waals surface area contributed by atoms with Gasteiger partial charge in [-0.2, -0.15) is 0 Å². The molecule has 3 aromatic carbocycles. The molecule has 1 aliphatic rings. The summed E-state index contributed by atoms with van der Waals surface area (Å²) in [6.45, 7) is 11.5. The molecule has 0 fully saturated rings. The van der Waals surface area contributed by atoms with Gasteiger partial charge < -0.3 is 72.2 Å². The van der Waals surface area contributed by atoms with E-state index in [1.807, 2.05) is 24.3 Å². The number of nitrogens with one attached hydrogen (secondary N) is 2. The van der Waals surface area contributed by atoms with E-state index in [0.717, 1.165) is 6.07 Å². The summed E-state index contributed by atoms with van der Waals surface area (Å²) in [4.78, 5) is 33.0. The number of amides is 1. The van der Waals surface area contributed by atoms with Crippen LogP contribution in [0.3, 0.4) is 0 Å². The fraction of sp³-hybridized carbons (Fsp3) is 0.604. The first-order valence-corrected chi connectivity index (χ1v) is 23.6. The number of rotatable bonds is 45. The van der Waals surface area contributed by atoms with Crippen molar-refractivity contribution in [3.05, 3.63) is 98.1 Å². The maximum absolute atomic E-state index is 12.3. The highest BCUT2D eigenvalue weighted by molar-refractivity contribution is 5.79. The summed E-state index contributed by atoms with van der Waals surface area (Å²) in [5.74, 6) is 0.0374.